The van der Waals surface area contributed by atoms with Crippen molar-refractivity contribution >= 4 is 5.95 Å². The third-order valence-electron chi connectivity index (χ3n) is 1.09. The van der Waals surface area contributed by atoms with Crippen molar-refractivity contribution in [2.24, 2.45) is 5.11 Å². The molecule has 12 heavy (non-hydrogen) atoms. The minimum absolute atomic E-state index is 0.0416. The Morgan fingerprint density at radius 2 is 2.42 bits per heavy atom. The molecule has 0 atom stereocenters. The summed E-state index contributed by atoms with van der Waals surface area (Å²) in [6.45, 7) is 0. The van der Waals surface area contributed by atoms with E-state index in [1.54, 1.807) is 12.3 Å². The summed E-state index contributed by atoms with van der Waals surface area (Å²) in [7, 11) is 0. The molecule has 0 radical (unpaired) electrons. The molecular weight excluding hydrogens is 158 g/mol. The van der Waals surface area contributed by atoms with Gasteiger partial charge in [-0.1, -0.05) is 0 Å². The molecule has 0 fully saturated rings. The summed E-state index contributed by atoms with van der Waals surface area (Å²) in [5.41, 5.74) is 8.08. The molecule has 7 nitrogen and oxygen atoms in total. The number of nitrogens with zero attached hydrogens (tertiary/aromatic N) is 7. The Morgan fingerprint density at radius 1 is 1.67 bits per heavy atom. The molecule has 0 saturated heterocycles. The van der Waals surface area contributed by atoms with Crippen LogP contribution in [0.5, 0.6) is 0 Å². The molecule has 0 spiro atoms. The van der Waals surface area contributed by atoms with Gasteiger partial charge in [0.2, 0.25) is 5.95 Å². The van der Waals surface area contributed by atoms with Crippen molar-refractivity contribution < 1.29 is 0 Å². The minimum Gasteiger partial charge on any atom is -0.233 e. The van der Waals surface area contributed by atoms with E-state index in [1.807, 2.05) is 0 Å². The van der Waals surface area contributed by atoms with Gasteiger partial charge in [0.05, 0.1) is 6.20 Å². The first-order valence-corrected chi connectivity index (χ1v) is 2.76. The second-order valence-electron chi connectivity index (χ2n) is 1.68. The van der Waals surface area contributed by atoms with Gasteiger partial charge in [-0.15, -0.1) is 0 Å². The van der Waals surface area contributed by atoms with E-state index in [0.717, 1.165) is 10.8 Å². The molecule has 0 N–H and O–H groups in total. The van der Waals surface area contributed by atoms with Crippen LogP contribution in [0, 0.1) is 22.8 Å². The van der Waals surface area contributed by atoms with Gasteiger partial charge in [0.15, 0.2) is 11.9 Å². The maximum atomic E-state index is 8.48. The van der Waals surface area contributed by atoms with Crippen LogP contribution < -0.4 is 0 Å². The Balaban J connectivity index is 3.37. The molecule has 56 valence electrons. The topological polar surface area (TPSA) is 114 Å². The fourth-order valence-corrected chi connectivity index (χ4v) is 0.630. The van der Waals surface area contributed by atoms with Gasteiger partial charge < -0.3 is 0 Å². The van der Waals surface area contributed by atoms with Crippen LogP contribution in [0.25, 0.3) is 10.4 Å². The van der Waals surface area contributed by atoms with Gasteiger partial charge in [-0.25, -0.2) is 9.55 Å². The molecule has 0 unspecified atom stereocenters. The minimum atomic E-state index is -0.128. The van der Waals surface area contributed by atoms with Crippen LogP contribution in [0.3, 0.4) is 0 Å². The third-order valence-corrected chi connectivity index (χ3v) is 1.09. The Hall–Kier alpha value is -2.50. The molecule has 1 heterocycles. The Labute approximate surface area is 66.7 Å². The monoisotopic (exact) mass is 159 g/mol. The molecule has 1 rings (SSSR count). The largest absolute Gasteiger partial charge is 0.233 e. The zero-order chi connectivity index (χ0) is 8.97. The van der Waals surface area contributed by atoms with Gasteiger partial charge in [0, 0.05) is 4.91 Å². The molecule has 0 saturated carbocycles. The van der Waals surface area contributed by atoms with Crippen LogP contribution >= 0.6 is 0 Å². The van der Waals surface area contributed by atoms with Crippen molar-refractivity contribution in [3.63, 3.8) is 0 Å². The lowest BCUT2D eigenvalue weighted by Crippen LogP contribution is -1.89. The van der Waals surface area contributed by atoms with E-state index in [2.05, 4.69) is 15.0 Å². The highest BCUT2D eigenvalue weighted by molar-refractivity contribution is 5.33. The van der Waals surface area contributed by atoms with Crippen molar-refractivity contribution in [2.75, 3.05) is 0 Å². The van der Waals surface area contributed by atoms with E-state index in [4.69, 9.17) is 16.1 Å². The molecule has 0 aliphatic heterocycles. The fourth-order valence-electron chi connectivity index (χ4n) is 0.630. The van der Waals surface area contributed by atoms with Gasteiger partial charge in [0.1, 0.15) is 6.07 Å². The fraction of sp³-hybridized carbons (Fsp3) is 0. The molecule has 0 aromatic carbocycles. The third kappa shape index (κ3) is 1.03. The molecule has 0 bridgehead atoms. The second kappa shape index (κ2) is 3.06. The lowest BCUT2D eigenvalue weighted by Gasteiger charge is -1.87. The van der Waals surface area contributed by atoms with Crippen LogP contribution in [0.15, 0.2) is 11.3 Å². The lowest BCUT2D eigenvalue weighted by molar-refractivity contribution is 1.04. The van der Waals surface area contributed by atoms with Gasteiger partial charge in [0.25, 0.3) is 0 Å². The normalized spacial score (nSPS) is 7.83. The van der Waals surface area contributed by atoms with E-state index < -0.39 is 0 Å². The number of nitriles is 2. The molecule has 0 aliphatic rings. The number of rotatable bonds is 1. The summed E-state index contributed by atoms with van der Waals surface area (Å²) >= 11 is 0. The Kier molecular flexibility index (Phi) is 1.94. The van der Waals surface area contributed by atoms with E-state index in [1.165, 1.54) is 0 Å². The van der Waals surface area contributed by atoms with Crippen LogP contribution in [-0.2, 0) is 0 Å². The van der Waals surface area contributed by atoms with Crippen molar-refractivity contribution in [2.45, 2.75) is 0 Å². The molecule has 1 aromatic heterocycles. The number of aromatic nitrogens is 2. The molecule has 7 heteroatoms. The van der Waals surface area contributed by atoms with Crippen molar-refractivity contribution in [3.8, 4) is 12.3 Å². The van der Waals surface area contributed by atoms with Crippen LogP contribution in [0.4, 0.5) is 5.95 Å². The summed E-state index contributed by atoms with van der Waals surface area (Å²) in [6.07, 6.45) is 2.81. The van der Waals surface area contributed by atoms with Crippen LogP contribution in [-0.4, -0.2) is 9.55 Å². The van der Waals surface area contributed by atoms with Crippen molar-refractivity contribution in [3.05, 3.63) is 22.3 Å². The van der Waals surface area contributed by atoms with Crippen LogP contribution in [0.2, 0.25) is 0 Å². The summed E-state index contributed by atoms with van der Waals surface area (Å²) in [6, 6.07) is 1.72. The summed E-state index contributed by atoms with van der Waals surface area (Å²) in [5.74, 6) is -0.128. The molecule has 0 amide bonds. The van der Waals surface area contributed by atoms with Gasteiger partial charge in [-0.05, 0) is 10.6 Å². The zero-order valence-corrected chi connectivity index (χ0v) is 5.71. The average Bonchev–Trinajstić information content (AvgIpc) is 2.47. The number of hydrogen-bond acceptors (Lipinski definition) is 4. The predicted octanol–water partition coefficient (Wildman–Crippen LogP) is 1.03. The SMILES string of the molecule is N#Cc1cnc(N=[N+]=[N-])n1C#N. The first kappa shape index (κ1) is 7.61. The van der Waals surface area contributed by atoms with Gasteiger partial charge in [-0.2, -0.15) is 10.5 Å². The highest BCUT2D eigenvalue weighted by atomic mass is 15.3. The number of hydrogen-bond donors (Lipinski definition) is 0. The number of azide groups is 1. The van der Waals surface area contributed by atoms with E-state index >= 15 is 0 Å². The van der Waals surface area contributed by atoms with E-state index in [-0.39, 0.29) is 11.6 Å². The lowest BCUT2D eigenvalue weighted by atomic mass is 10.5. The average molecular weight is 159 g/mol. The molecular formula is C5HN7. The number of imidazole rings is 1. The highest BCUT2D eigenvalue weighted by Gasteiger charge is 2.05. The zero-order valence-electron chi connectivity index (χ0n) is 5.71. The van der Waals surface area contributed by atoms with Gasteiger partial charge in [-0.3, -0.25) is 0 Å². The maximum absolute atomic E-state index is 8.48. The standard InChI is InChI=1S/C5HN7/c6-1-4-2-9-5(10-11-8)12(4)3-7/h2H. The first-order valence-electron chi connectivity index (χ1n) is 2.76. The first-order chi connectivity index (χ1) is 5.83. The van der Waals surface area contributed by atoms with Crippen molar-refractivity contribution in [1.82, 2.24) is 9.55 Å². The second-order valence-corrected chi connectivity index (χ2v) is 1.68. The molecule has 0 aliphatic carbocycles. The summed E-state index contributed by atoms with van der Waals surface area (Å²) in [5, 5.41) is 20.0. The Bertz CT molecular complexity index is 422. The van der Waals surface area contributed by atoms with Crippen molar-refractivity contribution in [1.29, 1.82) is 10.5 Å². The Morgan fingerprint density at radius 3 is 2.92 bits per heavy atom. The predicted molar refractivity (Wildman–Crippen MR) is 36.8 cm³/mol. The van der Waals surface area contributed by atoms with E-state index in [9.17, 15) is 0 Å². The highest BCUT2D eigenvalue weighted by Crippen LogP contribution is 2.10. The van der Waals surface area contributed by atoms with Gasteiger partial charge >= 0.3 is 0 Å². The summed E-state index contributed by atoms with van der Waals surface area (Å²) in [4.78, 5) is 5.99. The quantitative estimate of drug-likeness (QED) is 0.346. The van der Waals surface area contributed by atoms with E-state index in [0.29, 0.717) is 0 Å². The maximum Gasteiger partial charge on any atom is 0.211 e. The smallest absolute Gasteiger partial charge is 0.211 e. The molecule has 1 aromatic rings. The van der Waals surface area contributed by atoms with Crippen LogP contribution in [0.1, 0.15) is 5.69 Å². The summed E-state index contributed by atoms with van der Waals surface area (Å²) < 4.78 is 0.847.